The molecule has 0 saturated heterocycles. The lowest BCUT2D eigenvalue weighted by atomic mass is 10.1. The van der Waals surface area contributed by atoms with Gasteiger partial charge in [0.25, 0.3) is 0 Å². The minimum absolute atomic E-state index is 0.172. The molecule has 124 valence electrons. The summed E-state index contributed by atoms with van der Waals surface area (Å²) in [4.78, 5) is 13.1. The maximum Gasteiger partial charge on any atom is 0.315 e. The Kier molecular flexibility index (Phi) is 6.55. The molecule has 0 bridgehead atoms. The largest absolute Gasteiger partial charge is 0.467 e. The Balaban J connectivity index is 1.73. The van der Waals surface area contributed by atoms with Crippen molar-refractivity contribution in [3.05, 3.63) is 54.0 Å². The average Bonchev–Trinajstić information content (AvgIpc) is 3.08. The number of hydrogen-bond donors (Lipinski definition) is 3. The summed E-state index contributed by atoms with van der Waals surface area (Å²) in [6.45, 7) is 2.31. The van der Waals surface area contributed by atoms with Gasteiger partial charge in [-0.05, 0) is 43.0 Å². The Morgan fingerprint density at radius 3 is 2.65 bits per heavy atom. The highest BCUT2D eigenvalue weighted by Gasteiger charge is 2.16. The van der Waals surface area contributed by atoms with Crippen molar-refractivity contribution in [3.8, 4) is 0 Å². The average molecular weight is 334 g/mol. The predicted octanol–water partition coefficient (Wildman–Crippen LogP) is 3.31. The molecule has 5 nitrogen and oxygen atoms in total. The Morgan fingerprint density at radius 1 is 1.30 bits per heavy atom. The SMILES string of the molecule is CSc1ccc(CNC(=O)N[C@H](C)C[C@H](O)c2ccco2)cc1. The molecule has 2 rings (SSSR count). The monoisotopic (exact) mass is 334 g/mol. The smallest absolute Gasteiger partial charge is 0.315 e. The van der Waals surface area contributed by atoms with Crippen LogP contribution in [-0.2, 0) is 6.54 Å². The number of benzene rings is 1. The van der Waals surface area contributed by atoms with Crippen LogP contribution < -0.4 is 10.6 Å². The lowest BCUT2D eigenvalue weighted by Gasteiger charge is -2.17. The lowest BCUT2D eigenvalue weighted by Crippen LogP contribution is -2.41. The minimum Gasteiger partial charge on any atom is -0.467 e. The van der Waals surface area contributed by atoms with Gasteiger partial charge in [0.2, 0.25) is 0 Å². The molecule has 0 aliphatic heterocycles. The van der Waals surface area contributed by atoms with Crippen LogP contribution in [0.15, 0.2) is 52.0 Å². The molecule has 0 saturated carbocycles. The summed E-state index contributed by atoms with van der Waals surface area (Å²) in [6, 6.07) is 11.1. The maximum atomic E-state index is 11.9. The van der Waals surface area contributed by atoms with Crippen LogP contribution in [0.4, 0.5) is 4.79 Å². The van der Waals surface area contributed by atoms with Crippen LogP contribution in [-0.4, -0.2) is 23.4 Å². The predicted molar refractivity (Wildman–Crippen MR) is 91.3 cm³/mol. The molecule has 3 N–H and O–H groups in total. The molecule has 23 heavy (non-hydrogen) atoms. The van der Waals surface area contributed by atoms with Crippen LogP contribution >= 0.6 is 11.8 Å². The van der Waals surface area contributed by atoms with E-state index in [1.54, 1.807) is 23.9 Å². The maximum absolute atomic E-state index is 11.9. The van der Waals surface area contributed by atoms with Gasteiger partial charge >= 0.3 is 6.03 Å². The summed E-state index contributed by atoms with van der Waals surface area (Å²) in [6.07, 6.45) is 3.22. The van der Waals surface area contributed by atoms with Gasteiger partial charge in [-0.1, -0.05) is 12.1 Å². The van der Waals surface area contributed by atoms with Gasteiger partial charge in [0.05, 0.1) is 6.26 Å². The molecule has 2 aromatic rings. The quantitative estimate of drug-likeness (QED) is 0.679. The fourth-order valence-corrected chi connectivity index (χ4v) is 2.60. The number of aliphatic hydroxyl groups excluding tert-OH is 1. The number of nitrogens with one attached hydrogen (secondary N) is 2. The third-order valence-electron chi connectivity index (χ3n) is 3.44. The fraction of sp³-hybridized carbons (Fsp3) is 0.353. The number of carbonyl (C=O) groups excluding carboxylic acids is 1. The molecule has 2 atom stereocenters. The van der Waals surface area contributed by atoms with Gasteiger partial charge in [0, 0.05) is 23.9 Å². The minimum atomic E-state index is -0.723. The molecular formula is C17H22N2O3S. The van der Waals surface area contributed by atoms with Crippen molar-refractivity contribution in [2.24, 2.45) is 0 Å². The fourth-order valence-electron chi connectivity index (χ4n) is 2.19. The topological polar surface area (TPSA) is 74.5 Å². The molecule has 0 aliphatic carbocycles. The summed E-state index contributed by atoms with van der Waals surface area (Å²) < 4.78 is 5.15. The van der Waals surface area contributed by atoms with E-state index in [9.17, 15) is 9.90 Å². The molecule has 0 aliphatic rings. The Hall–Kier alpha value is -1.92. The van der Waals surface area contributed by atoms with Crippen LogP contribution in [0, 0.1) is 0 Å². The van der Waals surface area contributed by atoms with E-state index < -0.39 is 6.10 Å². The summed E-state index contributed by atoms with van der Waals surface area (Å²) in [7, 11) is 0. The number of aliphatic hydroxyl groups is 1. The number of amides is 2. The van der Waals surface area contributed by atoms with Crippen LogP contribution in [0.1, 0.15) is 30.8 Å². The van der Waals surface area contributed by atoms with Crippen molar-refractivity contribution in [1.82, 2.24) is 10.6 Å². The van der Waals surface area contributed by atoms with Crippen LogP contribution in [0.3, 0.4) is 0 Å². The number of hydrogen-bond acceptors (Lipinski definition) is 4. The van der Waals surface area contributed by atoms with Gasteiger partial charge in [-0.25, -0.2) is 4.79 Å². The van der Waals surface area contributed by atoms with Crippen molar-refractivity contribution in [2.45, 2.75) is 36.9 Å². The first-order valence-corrected chi connectivity index (χ1v) is 8.69. The Labute approximate surface area is 140 Å². The molecule has 0 fully saturated rings. The zero-order valence-electron chi connectivity index (χ0n) is 13.3. The number of urea groups is 1. The van der Waals surface area contributed by atoms with Crippen LogP contribution in [0.5, 0.6) is 0 Å². The zero-order valence-corrected chi connectivity index (χ0v) is 14.1. The highest BCUT2D eigenvalue weighted by Crippen LogP contribution is 2.18. The molecule has 0 radical (unpaired) electrons. The first kappa shape index (κ1) is 17.4. The van der Waals surface area contributed by atoms with Crippen LogP contribution in [0.2, 0.25) is 0 Å². The molecule has 1 heterocycles. The number of carbonyl (C=O) groups is 1. The zero-order chi connectivity index (χ0) is 16.7. The molecule has 0 spiro atoms. The normalized spacial score (nSPS) is 13.3. The van der Waals surface area contributed by atoms with Gasteiger partial charge in [-0.2, -0.15) is 0 Å². The summed E-state index contributed by atoms with van der Waals surface area (Å²) in [5, 5.41) is 15.6. The number of rotatable bonds is 7. The van der Waals surface area contributed by atoms with E-state index in [2.05, 4.69) is 10.6 Å². The Morgan fingerprint density at radius 2 is 2.04 bits per heavy atom. The summed E-state index contributed by atoms with van der Waals surface area (Å²) >= 11 is 1.68. The highest BCUT2D eigenvalue weighted by atomic mass is 32.2. The van der Waals surface area contributed by atoms with Gasteiger partial charge in [0.1, 0.15) is 11.9 Å². The third-order valence-corrected chi connectivity index (χ3v) is 4.18. The van der Waals surface area contributed by atoms with E-state index in [-0.39, 0.29) is 12.1 Å². The standard InChI is InChI=1S/C17H22N2O3S/c1-12(10-15(20)16-4-3-9-22-16)19-17(21)18-11-13-5-7-14(23-2)8-6-13/h3-9,12,15,20H,10-11H2,1-2H3,(H2,18,19,21)/t12-,15+/m1/s1. The van der Waals surface area contributed by atoms with Gasteiger partial charge < -0.3 is 20.2 Å². The summed E-state index contributed by atoms with van der Waals surface area (Å²) in [5.41, 5.74) is 1.04. The molecule has 2 amide bonds. The second-order valence-corrected chi connectivity index (χ2v) is 6.22. The van der Waals surface area contributed by atoms with Crippen LogP contribution in [0.25, 0.3) is 0 Å². The molecule has 0 unspecified atom stereocenters. The van der Waals surface area contributed by atoms with E-state index in [1.807, 2.05) is 37.4 Å². The van der Waals surface area contributed by atoms with E-state index >= 15 is 0 Å². The van der Waals surface area contributed by atoms with E-state index in [0.717, 1.165) is 5.56 Å². The van der Waals surface area contributed by atoms with Gasteiger partial charge in [0.15, 0.2) is 0 Å². The first-order valence-electron chi connectivity index (χ1n) is 7.47. The van der Waals surface area contributed by atoms with E-state index in [4.69, 9.17) is 4.42 Å². The number of thioether (sulfide) groups is 1. The van der Waals surface area contributed by atoms with Crippen molar-refractivity contribution in [1.29, 1.82) is 0 Å². The van der Waals surface area contributed by atoms with Crippen molar-refractivity contribution in [2.75, 3.05) is 6.26 Å². The van der Waals surface area contributed by atoms with Crippen molar-refractivity contribution in [3.63, 3.8) is 0 Å². The van der Waals surface area contributed by atoms with Crippen molar-refractivity contribution < 1.29 is 14.3 Å². The molecule has 1 aromatic heterocycles. The molecular weight excluding hydrogens is 312 g/mol. The second kappa shape index (κ2) is 8.64. The van der Waals surface area contributed by atoms with Crippen molar-refractivity contribution >= 4 is 17.8 Å². The first-order chi connectivity index (χ1) is 11.1. The van der Waals surface area contributed by atoms with Gasteiger partial charge in [-0.3, -0.25) is 0 Å². The summed E-state index contributed by atoms with van der Waals surface area (Å²) in [5.74, 6) is 0.507. The highest BCUT2D eigenvalue weighted by molar-refractivity contribution is 7.98. The molecule has 6 heteroatoms. The molecule has 1 aromatic carbocycles. The van der Waals surface area contributed by atoms with Gasteiger partial charge in [-0.15, -0.1) is 11.8 Å². The third kappa shape index (κ3) is 5.65. The van der Waals surface area contributed by atoms with E-state index in [0.29, 0.717) is 18.7 Å². The Bertz CT molecular complexity index is 599. The number of furan rings is 1. The lowest BCUT2D eigenvalue weighted by molar-refractivity contribution is 0.129. The van der Waals surface area contributed by atoms with E-state index in [1.165, 1.54) is 11.2 Å². The second-order valence-electron chi connectivity index (χ2n) is 5.34.